The Bertz CT molecular complexity index is 1520. The predicted octanol–water partition coefficient (Wildman–Crippen LogP) is 7.73. The number of halogens is 1. The second-order valence-electron chi connectivity index (χ2n) is 9.82. The second kappa shape index (κ2) is 14.4. The van der Waals surface area contributed by atoms with Crippen molar-refractivity contribution < 1.29 is 9.47 Å². The van der Waals surface area contributed by atoms with Crippen LogP contribution in [0.3, 0.4) is 0 Å². The minimum Gasteiger partial charge on any atom is -0.493 e. The Balaban J connectivity index is 0.000000202. The van der Waals surface area contributed by atoms with Gasteiger partial charge in [-0.25, -0.2) is 0 Å². The van der Waals surface area contributed by atoms with Gasteiger partial charge >= 0.3 is 0 Å². The Labute approximate surface area is 247 Å². The Kier molecular flexibility index (Phi) is 9.99. The fraction of sp³-hybridized carbons (Fsp3) is 0.200. The van der Waals surface area contributed by atoms with Gasteiger partial charge in [0.05, 0.1) is 18.5 Å². The van der Waals surface area contributed by atoms with Crippen molar-refractivity contribution >= 4 is 11.6 Å². The zero-order chi connectivity index (χ0) is 28.3. The fourth-order valence-corrected chi connectivity index (χ4v) is 5.00. The highest BCUT2D eigenvalue weighted by Crippen LogP contribution is 2.36. The van der Waals surface area contributed by atoms with Crippen LogP contribution in [0.15, 0.2) is 116 Å². The van der Waals surface area contributed by atoms with Crippen molar-refractivity contribution in [2.45, 2.75) is 31.4 Å². The maximum absolute atomic E-state index is 6.19. The van der Waals surface area contributed by atoms with E-state index in [4.69, 9.17) is 21.1 Å². The average Bonchev–Trinajstić information content (AvgIpc) is 3.06. The third-order valence-corrected chi connectivity index (χ3v) is 7.24. The van der Waals surface area contributed by atoms with Gasteiger partial charge in [-0.2, -0.15) is 0 Å². The number of para-hydroxylation sites is 1. The average molecular weight is 564 g/mol. The van der Waals surface area contributed by atoms with Crippen LogP contribution in [0.1, 0.15) is 23.1 Å². The monoisotopic (exact) mass is 563 g/mol. The van der Waals surface area contributed by atoms with Crippen molar-refractivity contribution in [3.8, 4) is 34.0 Å². The molecule has 1 atom stereocenters. The standard InChI is InChI=1S/C23H24N2O2.C12H10ClN/c1-26-22-10-5-7-18-11-12-20(27-23(18)22)16-24-15-17-6-4-8-19(14-17)21-9-2-3-13-25-21;13-9-10-4-3-5-11(8-10)12-6-1-2-7-14-12/h2-10,13-14,20,24H,11-12,15-16H2,1H3;1-8H,9H2. The van der Waals surface area contributed by atoms with Crippen molar-refractivity contribution in [1.82, 2.24) is 15.3 Å². The summed E-state index contributed by atoms with van der Waals surface area (Å²) in [6.45, 7) is 1.62. The summed E-state index contributed by atoms with van der Waals surface area (Å²) in [7, 11) is 1.69. The molecule has 2 aromatic heterocycles. The third-order valence-electron chi connectivity index (χ3n) is 6.93. The van der Waals surface area contributed by atoms with E-state index in [2.05, 4.69) is 51.7 Å². The number of aromatic nitrogens is 2. The summed E-state index contributed by atoms with van der Waals surface area (Å²) in [5.74, 6) is 2.26. The fourth-order valence-electron chi connectivity index (χ4n) is 4.84. The molecule has 0 fully saturated rings. The Morgan fingerprint density at radius 3 is 2.10 bits per heavy atom. The molecule has 5 nitrogen and oxygen atoms in total. The minimum absolute atomic E-state index is 0.160. The smallest absolute Gasteiger partial charge is 0.164 e. The first-order valence-electron chi connectivity index (χ1n) is 13.8. The molecule has 0 saturated heterocycles. The molecular weight excluding hydrogens is 530 g/mol. The van der Waals surface area contributed by atoms with E-state index in [1.165, 1.54) is 11.1 Å². The van der Waals surface area contributed by atoms with Crippen LogP contribution in [0.25, 0.3) is 22.5 Å². The van der Waals surface area contributed by atoms with Gasteiger partial charge < -0.3 is 14.8 Å². The minimum atomic E-state index is 0.160. The molecule has 6 rings (SSSR count). The molecule has 6 heteroatoms. The Hall–Kier alpha value is -4.19. The number of alkyl halides is 1. The largest absolute Gasteiger partial charge is 0.493 e. The van der Waals surface area contributed by atoms with Crippen LogP contribution in [0.4, 0.5) is 0 Å². The maximum atomic E-state index is 6.19. The summed E-state index contributed by atoms with van der Waals surface area (Å²) < 4.78 is 11.6. The number of benzene rings is 3. The topological polar surface area (TPSA) is 56.3 Å². The zero-order valence-electron chi connectivity index (χ0n) is 23.2. The number of rotatable bonds is 8. The second-order valence-corrected chi connectivity index (χ2v) is 10.1. The number of ether oxygens (including phenoxy) is 2. The number of hydrogen-bond donors (Lipinski definition) is 1. The summed E-state index contributed by atoms with van der Waals surface area (Å²) in [6, 6.07) is 34.6. The molecule has 1 N–H and O–H groups in total. The molecule has 0 radical (unpaired) electrons. The van der Waals surface area contributed by atoms with Crippen LogP contribution in [-0.4, -0.2) is 29.7 Å². The molecule has 0 aliphatic carbocycles. The van der Waals surface area contributed by atoms with Crippen LogP contribution in [0.5, 0.6) is 11.5 Å². The molecule has 1 unspecified atom stereocenters. The molecule has 0 saturated carbocycles. The highest BCUT2D eigenvalue weighted by molar-refractivity contribution is 6.17. The van der Waals surface area contributed by atoms with Crippen LogP contribution in [0, 0.1) is 0 Å². The van der Waals surface area contributed by atoms with Gasteiger partial charge in [0.2, 0.25) is 0 Å². The Morgan fingerprint density at radius 1 is 0.805 bits per heavy atom. The first-order chi connectivity index (χ1) is 20.2. The van der Waals surface area contributed by atoms with Crippen LogP contribution >= 0.6 is 11.6 Å². The van der Waals surface area contributed by atoms with Crippen LogP contribution in [0.2, 0.25) is 0 Å². The summed E-state index contributed by atoms with van der Waals surface area (Å²) in [5.41, 5.74) is 7.83. The number of nitrogens with zero attached hydrogens (tertiary/aromatic N) is 2. The zero-order valence-corrected chi connectivity index (χ0v) is 23.9. The van der Waals surface area contributed by atoms with Crippen molar-refractivity contribution in [2.75, 3.05) is 13.7 Å². The van der Waals surface area contributed by atoms with E-state index in [9.17, 15) is 0 Å². The molecule has 208 valence electrons. The van der Waals surface area contributed by atoms with E-state index < -0.39 is 0 Å². The van der Waals surface area contributed by atoms with Crippen molar-refractivity contribution in [3.05, 3.63) is 132 Å². The van der Waals surface area contributed by atoms with E-state index in [1.54, 1.807) is 13.3 Å². The van der Waals surface area contributed by atoms with Gasteiger partial charge in [0.25, 0.3) is 0 Å². The van der Waals surface area contributed by atoms with Gasteiger partial charge in [-0.15, -0.1) is 11.6 Å². The molecule has 3 aromatic carbocycles. The highest BCUT2D eigenvalue weighted by Gasteiger charge is 2.22. The van der Waals surface area contributed by atoms with Crippen molar-refractivity contribution in [3.63, 3.8) is 0 Å². The first kappa shape index (κ1) is 28.3. The van der Waals surface area contributed by atoms with Gasteiger partial charge in [-0.3, -0.25) is 9.97 Å². The molecule has 1 aliphatic heterocycles. The van der Waals surface area contributed by atoms with E-state index in [0.717, 1.165) is 65.5 Å². The van der Waals surface area contributed by atoms with E-state index in [-0.39, 0.29) is 6.10 Å². The highest BCUT2D eigenvalue weighted by atomic mass is 35.5. The third kappa shape index (κ3) is 7.72. The molecule has 1 aliphatic rings. The maximum Gasteiger partial charge on any atom is 0.164 e. The van der Waals surface area contributed by atoms with Gasteiger partial charge in [0.1, 0.15) is 6.10 Å². The van der Waals surface area contributed by atoms with Gasteiger partial charge in [-0.1, -0.05) is 60.7 Å². The molecule has 41 heavy (non-hydrogen) atoms. The number of aryl methyl sites for hydroxylation is 1. The van der Waals surface area contributed by atoms with Gasteiger partial charge in [0.15, 0.2) is 11.5 Å². The number of methoxy groups -OCH3 is 1. The molecular formula is C35H34ClN3O2. The molecule has 3 heterocycles. The first-order valence-corrected chi connectivity index (χ1v) is 14.4. The Morgan fingerprint density at radius 2 is 1.46 bits per heavy atom. The van der Waals surface area contributed by atoms with Crippen molar-refractivity contribution in [2.24, 2.45) is 0 Å². The lowest BCUT2D eigenvalue weighted by atomic mass is 10.0. The molecule has 0 bridgehead atoms. The van der Waals surface area contributed by atoms with Crippen LogP contribution < -0.4 is 14.8 Å². The summed E-state index contributed by atoms with van der Waals surface area (Å²) in [6.07, 6.45) is 5.82. The summed E-state index contributed by atoms with van der Waals surface area (Å²) in [5, 5.41) is 3.53. The number of hydrogen-bond acceptors (Lipinski definition) is 5. The lowest BCUT2D eigenvalue weighted by Crippen LogP contribution is -2.34. The van der Waals surface area contributed by atoms with E-state index in [1.807, 2.05) is 72.9 Å². The summed E-state index contributed by atoms with van der Waals surface area (Å²) in [4.78, 5) is 8.71. The normalized spacial score (nSPS) is 13.8. The number of fused-ring (bicyclic) bond motifs is 1. The lowest BCUT2D eigenvalue weighted by molar-refractivity contribution is 0.163. The van der Waals surface area contributed by atoms with Crippen LogP contribution in [-0.2, 0) is 18.8 Å². The van der Waals surface area contributed by atoms with E-state index >= 15 is 0 Å². The summed E-state index contributed by atoms with van der Waals surface area (Å²) >= 11 is 5.77. The number of nitrogens with one attached hydrogen (secondary N) is 1. The van der Waals surface area contributed by atoms with E-state index in [0.29, 0.717) is 5.88 Å². The molecule has 0 spiro atoms. The van der Waals surface area contributed by atoms with Gasteiger partial charge in [-0.05, 0) is 72.0 Å². The quantitative estimate of drug-likeness (QED) is 0.196. The SMILES string of the molecule is COc1cccc2c1OC(CNCc1cccc(-c3ccccn3)c1)CC2.ClCc1cccc(-c2ccccn2)c1. The molecule has 5 aromatic rings. The number of pyridine rings is 2. The molecule has 0 amide bonds. The lowest BCUT2D eigenvalue weighted by Gasteiger charge is -2.27. The van der Waals surface area contributed by atoms with Gasteiger partial charge in [0, 0.05) is 42.5 Å². The predicted molar refractivity (Wildman–Crippen MR) is 166 cm³/mol. The van der Waals surface area contributed by atoms with Crippen molar-refractivity contribution in [1.29, 1.82) is 0 Å².